The Balaban J connectivity index is 2.42. The molecule has 1 aromatic carbocycles. The van der Waals surface area contributed by atoms with Crippen LogP contribution < -0.4 is 15.4 Å². The van der Waals surface area contributed by atoms with Crippen LogP contribution in [0.3, 0.4) is 0 Å². The molecule has 2 N–H and O–H groups in total. The van der Waals surface area contributed by atoms with E-state index in [0.717, 1.165) is 0 Å². The smallest absolute Gasteiger partial charge is 0.204 e. The minimum Gasteiger partial charge on any atom is -0.490 e. The van der Waals surface area contributed by atoms with E-state index in [9.17, 15) is 0 Å². The Morgan fingerprint density at radius 1 is 1.00 bits per heavy atom. The number of benzene rings is 1. The maximum atomic E-state index is 6.12. The van der Waals surface area contributed by atoms with Gasteiger partial charge in [-0.05, 0) is 12.1 Å². The minimum atomic E-state index is 0.382. The lowest BCUT2D eigenvalue weighted by atomic mass is 10.3. The summed E-state index contributed by atoms with van der Waals surface area (Å²) in [6.45, 7) is 0. The van der Waals surface area contributed by atoms with E-state index in [1.165, 1.54) is 13.4 Å². The van der Waals surface area contributed by atoms with E-state index in [1.54, 1.807) is 19.2 Å². The fraction of sp³-hybridized carbons (Fsp3) is 0.167. The summed E-state index contributed by atoms with van der Waals surface area (Å²) in [6, 6.07) is 3.17. The molecule has 0 amide bonds. The topological polar surface area (TPSA) is 59.1 Å². The van der Waals surface area contributed by atoms with E-state index in [1.807, 2.05) is 0 Å². The molecule has 0 aliphatic carbocycles. The molecule has 2 rings (SSSR count). The molecule has 106 valence electrons. The van der Waals surface area contributed by atoms with Crippen molar-refractivity contribution < 1.29 is 4.74 Å². The zero-order valence-electron chi connectivity index (χ0n) is 10.7. The first-order chi connectivity index (χ1) is 9.56. The van der Waals surface area contributed by atoms with Crippen molar-refractivity contribution in [2.45, 2.75) is 0 Å². The minimum absolute atomic E-state index is 0.382. The van der Waals surface area contributed by atoms with Gasteiger partial charge in [-0.15, -0.1) is 0 Å². The van der Waals surface area contributed by atoms with E-state index in [-0.39, 0.29) is 0 Å². The molecule has 5 nitrogen and oxygen atoms in total. The Labute approximate surface area is 131 Å². The summed E-state index contributed by atoms with van der Waals surface area (Å²) in [6.07, 6.45) is 1.40. The standard InChI is InChI=1S/C12H11Cl3N4O/c1-16-11-10(20-2)12(18-5-17-11)19-9-4-7(14)6(13)3-8(9)15/h3-5H,1-2H3,(H2,16,17,18,19). The number of methoxy groups -OCH3 is 1. The molecule has 8 heteroatoms. The number of ether oxygens (including phenoxy) is 1. The molecule has 0 saturated heterocycles. The number of nitrogens with zero attached hydrogens (tertiary/aromatic N) is 2. The average Bonchev–Trinajstić information content (AvgIpc) is 2.44. The van der Waals surface area contributed by atoms with Crippen molar-refractivity contribution in [2.24, 2.45) is 0 Å². The van der Waals surface area contributed by atoms with Crippen LogP contribution in [-0.2, 0) is 0 Å². The molecule has 2 aromatic rings. The fourth-order valence-corrected chi connectivity index (χ4v) is 2.17. The average molecular weight is 334 g/mol. The lowest BCUT2D eigenvalue weighted by Gasteiger charge is -2.14. The van der Waals surface area contributed by atoms with Crippen molar-refractivity contribution in [2.75, 3.05) is 24.8 Å². The maximum Gasteiger partial charge on any atom is 0.204 e. The Bertz CT molecular complexity index is 636. The summed E-state index contributed by atoms with van der Waals surface area (Å²) in [5, 5.41) is 7.15. The van der Waals surface area contributed by atoms with Crippen molar-refractivity contribution in [1.82, 2.24) is 9.97 Å². The Hall–Kier alpha value is -1.43. The molecule has 0 fully saturated rings. The summed E-state index contributed by atoms with van der Waals surface area (Å²) in [5.74, 6) is 1.49. The van der Waals surface area contributed by atoms with Crippen LogP contribution in [0.25, 0.3) is 0 Å². The van der Waals surface area contributed by atoms with Crippen LogP contribution in [0.5, 0.6) is 5.75 Å². The van der Waals surface area contributed by atoms with Gasteiger partial charge in [-0.25, -0.2) is 9.97 Å². The molecule has 0 bridgehead atoms. The molecule has 0 atom stereocenters. The van der Waals surface area contributed by atoms with Gasteiger partial charge >= 0.3 is 0 Å². The third-order valence-corrected chi connectivity index (χ3v) is 3.54. The number of rotatable bonds is 4. The van der Waals surface area contributed by atoms with Gasteiger partial charge in [0.1, 0.15) is 6.33 Å². The molecular weight excluding hydrogens is 323 g/mol. The Kier molecular flexibility index (Phi) is 4.75. The molecule has 20 heavy (non-hydrogen) atoms. The SMILES string of the molecule is CNc1ncnc(Nc2cc(Cl)c(Cl)cc2Cl)c1OC. The van der Waals surface area contributed by atoms with Gasteiger partial charge < -0.3 is 15.4 Å². The van der Waals surface area contributed by atoms with Crippen molar-refractivity contribution in [3.63, 3.8) is 0 Å². The van der Waals surface area contributed by atoms with Crippen molar-refractivity contribution >= 4 is 52.1 Å². The highest BCUT2D eigenvalue weighted by molar-refractivity contribution is 6.44. The van der Waals surface area contributed by atoms with E-state index in [2.05, 4.69) is 20.6 Å². The van der Waals surface area contributed by atoms with Crippen molar-refractivity contribution in [1.29, 1.82) is 0 Å². The van der Waals surface area contributed by atoms with Crippen molar-refractivity contribution in [3.8, 4) is 5.75 Å². The zero-order chi connectivity index (χ0) is 14.7. The van der Waals surface area contributed by atoms with Gasteiger partial charge in [-0.2, -0.15) is 0 Å². The number of hydrogen-bond donors (Lipinski definition) is 2. The largest absolute Gasteiger partial charge is 0.490 e. The normalized spacial score (nSPS) is 10.2. The van der Waals surface area contributed by atoms with Crippen LogP contribution in [0.2, 0.25) is 15.1 Å². The van der Waals surface area contributed by atoms with Gasteiger partial charge in [0.15, 0.2) is 11.6 Å². The highest BCUT2D eigenvalue weighted by Gasteiger charge is 2.13. The molecule has 0 unspecified atom stereocenters. The first-order valence-electron chi connectivity index (χ1n) is 5.55. The molecule has 0 aliphatic heterocycles. The second-order valence-corrected chi connectivity index (χ2v) is 4.95. The van der Waals surface area contributed by atoms with E-state index >= 15 is 0 Å². The van der Waals surface area contributed by atoms with Crippen molar-refractivity contribution in [3.05, 3.63) is 33.5 Å². The number of aromatic nitrogens is 2. The monoisotopic (exact) mass is 332 g/mol. The van der Waals surface area contributed by atoms with Crippen LogP contribution in [0.1, 0.15) is 0 Å². The van der Waals surface area contributed by atoms with Gasteiger partial charge in [0.25, 0.3) is 0 Å². The molecular formula is C12H11Cl3N4O. The van der Waals surface area contributed by atoms with Crippen LogP contribution >= 0.6 is 34.8 Å². The quantitative estimate of drug-likeness (QED) is 0.820. The van der Waals surface area contributed by atoms with Crippen LogP contribution in [0.15, 0.2) is 18.5 Å². The Morgan fingerprint density at radius 3 is 2.30 bits per heavy atom. The van der Waals surface area contributed by atoms with Gasteiger partial charge in [-0.1, -0.05) is 34.8 Å². The molecule has 1 aromatic heterocycles. The van der Waals surface area contributed by atoms with Crippen LogP contribution in [0, 0.1) is 0 Å². The summed E-state index contributed by atoms with van der Waals surface area (Å²) < 4.78 is 5.28. The third kappa shape index (κ3) is 3.00. The number of nitrogens with one attached hydrogen (secondary N) is 2. The van der Waals surface area contributed by atoms with Gasteiger partial charge in [0, 0.05) is 7.05 Å². The second-order valence-electron chi connectivity index (χ2n) is 3.73. The van der Waals surface area contributed by atoms with E-state index in [4.69, 9.17) is 39.5 Å². The predicted molar refractivity (Wildman–Crippen MR) is 82.9 cm³/mol. The molecule has 0 saturated carbocycles. The maximum absolute atomic E-state index is 6.12. The summed E-state index contributed by atoms with van der Waals surface area (Å²) in [4.78, 5) is 8.18. The Morgan fingerprint density at radius 2 is 1.65 bits per heavy atom. The van der Waals surface area contributed by atoms with E-state index in [0.29, 0.717) is 38.1 Å². The first-order valence-corrected chi connectivity index (χ1v) is 6.68. The zero-order valence-corrected chi connectivity index (χ0v) is 12.9. The van der Waals surface area contributed by atoms with Gasteiger partial charge in [-0.3, -0.25) is 0 Å². The van der Waals surface area contributed by atoms with Gasteiger partial charge in [0.05, 0.1) is 27.9 Å². The van der Waals surface area contributed by atoms with Crippen LogP contribution in [0.4, 0.5) is 17.3 Å². The molecule has 0 radical (unpaired) electrons. The lowest BCUT2D eigenvalue weighted by molar-refractivity contribution is 0.415. The summed E-state index contributed by atoms with van der Waals surface area (Å²) >= 11 is 18.0. The van der Waals surface area contributed by atoms with E-state index < -0.39 is 0 Å². The third-order valence-electron chi connectivity index (χ3n) is 2.51. The molecule has 1 heterocycles. The highest BCUT2D eigenvalue weighted by Crippen LogP contribution is 2.36. The summed E-state index contributed by atoms with van der Waals surface area (Å²) in [5.41, 5.74) is 0.570. The fourth-order valence-electron chi connectivity index (χ4n) is 1.58. The van der Waals surface area contributed by atoms with Gasteiger partial charge in [0.2, 0.25) is 5.75 Å². The summed E-state index contributed by atoms with van der Waals surface area (Å²) in [7, 11) is 3.27. The second kappa shape index (κ2) is 6.35. The number of anilines is 3. The predicted octanol–water partition coefficient (Wildman–Crippen LogP) is 4.23. The highest BCUT2D eigenvalue weighted by atomic mass is 35.5. The number of halogens is 3. The number of hydrogen-bond acceptors (Lipinski definition) is 5. The first kappa shape index (κ1) is 15.0. The lowest BCUT2D eigenvalue weighted by Crippen LogP contribution is -2.03. The molecule has 0 spiro atoms. The van der Waals surface area contributed by atoms with Crippen LogP contribution in [-0.4, -0.2) is 24.1 Å². The molecule has 0 aliphatic rings.